The molecule has 0 bridgehead atoms. The summed E-state index contributed by atoms with van der Waals surface area (Å²) in [4.78, 5) is 22.8. The van der Waals surface area contributed by atoms with Gasteiger partial charge in [0.25, 0.3) is 0 Å². The van der Waals surface area contributed by atoms with Crippen molar-refractivity contribution in [3.8, 4) is 0 Å². The Labute approximate surface area is 96.6 Å². The topological polar surface area (TPSA) is 43.4 Å². The molecule has 1 aromatic rings. The van der Waals surface area contributed by atoms with Gasteiger partial charge in [0.15, 0.2) is 5.78 Å². The summed E-state index contributed by atoms with van der Waals surface area (Å²) in [5.41, 5.74) is 0.901. The first-order valence-electron chi connectivity index (χ1n) is 4.51. The average molecular weight is 271 g/mol. The lowest BCUT2D eigenvalue weighted by atomic mass is 10.1. The molecule has 15 heavy (non-hydrogen) atoms. The first kappa shape index (κ1) is 11.9. The molecule has 0 spiro atoms. The summed E-state index contributed by atoms with van der Waals surface area (Å²) in [6, 6.07) is 4.83. The van der Waals surface area contributed by atoms with Gasteiger partial charge in [-0.25, -0.2) is 4.79 Å². The van der Waals surface area contributed by atoms with Crippen molar-refractivity contribution in [2.24, 2.45) is 0 Å². The van der Waals surface area contributed by atoms with E-state index in [0.717, 1.165) is 0 Å². The SMILES string of the molecule is CCC(=O)c1cc(C(=O)OC)ccc1Br. The molecular formula is C11H11BrO3. The van der Waals surface area contributed by atoms with Crippen LogP contribution in [0.15, 0.2) is 22.7 Å². The number of hydrogen-bond donors (Lipinski definition) is 0. The van der Waals surface area contributed by atoms with E-state index in [2.05, 4.69) is 20.7 Å². The largest absolute Gasteiger partial charge is 0.465 e. The summed E-state index contributed by atoms with van der Waals surface area (Å²) in [5, 5.41) is 0. The lowest BCUT2D eigenvalue weighted by molar-refractivity contribution is 0.0600. The highest BCUT2D eigenvalue weighted by Crippen LogP contribution is 2.20. The van der Waals surface area contributed by atoms with Crippen LogP contribution in [0.3, 0.4) is 0 Å². The van der Waals surface area contributed by atoms with E-state index in [9.17, 15) is 9.59 Å². The molecule has 0 fully saturated rings. The Bertz CT molecular complexity index is 399. The van der Waals surface area contributed by atoms with E-state index in [0.29, 0.717) is 22.0 Å². The maximum Gasteiger partial charge on any atom is 0.337 e. The van der Waals surface area contributed by atoms with Gasteiger partial charge >= 0.3 is 5.97 Å². The molecule has 0 aromatic heterocycles. The van der Waals surface area contributed by atoms with Gasteiger partial charge in [0.1, 0.15) is 0 Å². The van der Waals surface area contributed by atoms with Gasteiger partial charge in [0.2, 0.25) is 0 Å². The fraction of sp³-hybridized carbons (Fsp3) is 0.273. The molecule has 0 aliphatic rings. The van der Waals surface area contributed by atoms with Gasteiger partial charge < -0.3 is 4.74 Å². The van der Waals surface area contributed by atoms with Crippen LogP contribution in [0.4, 0.5) is 0 Å². The molecule has 0 amide bonds. The van der Waals surface area contributed by atoms with Gasteiger partial charge in [-0.3, -0.25) is 4.79 Å². The molecule has 0 radical (unpaired) electrons. The second-order valence-electron chi connectivity index (χ2n) is 2.96. The number of halogens is 1. The molecule has 4 heteroatoms. The molecule has 0 atom stereocenters. The lowest BCUT2D eigenvalue weighted by Crippen LogP contribution is -2.05. The van der Waals surface area contributed by atoms with Crippen LogP contribution in [0.2, 0.25) is 0 Å². The van der Waals surface area contributed by atoms with Crippen molar-refractivity contribution in [3.05, 3.63) is 33.8 Å². The Hall–Kier alpha value is -1.16. The Morgan fingerprint density at radius 1 is 1.40 bits per heavy atom. The zero-order valence-corrected chi connectivity index (χ0v) is 10.1. The monoisotopic (exact) mass is 270 g/mol. The molecule has 80 valence electrons. The fourth-order valence-electron chi connectivity index (χ4n) is 1.17. The summed E-state index contributed by atoms with van der Waals surface area (Å²) in [7, 11) is 1.31. The van der Waals surface area contributed by atoms with Crippen LogP contribution in [0.25, 0.3) is 0 Å². The molecule has 0 N–H and O–H groups in total. The zero-order valence-electron chi connectivity index (χ0n) is 8.54. The summed E-state index contributed by atoms with van der Waals surface area (Å²) in [5.74, 6) is -0.444. The minimum Gasteiger partial charge on any atom is -0.465 e. The van der Waals surface area contributed by atoms with E-state index >= 15 is 0 Å². The van der Waals surface area contributed by atoms with Gasteiger partial charge in [-0.05, 0) is 18.2 Å². The first-order valence-corrected chi connectivity index (χ1v) is 5.30. The molecule has 1 aromatic carbocycles. The minimum atomic E-state index is -0.437. The number of ether oxygens (including phenoxy) is 1. The van der Waals surface area contributed by atoms with Crippen LogP contribution in [-0.2, 0) is 4.74 Å². The number of esters is 1. The number of hydrogen-bond acceptors (Lipinski definition) is 3. The maximum absolute atomic E-state index is 11.5. The number of carbonyl (C=O) groups excluding carboxylic acids is 2. The molecule has 3 nitrogen and oxygen atoms in total. The van der Waals surface area contributed by atoms with E-state index in [1.54, 1.807) is 25.1 Å². The Morgan fingerprint density at radius 3 is 2.60 bits per heavy atom. The summed E-state index contributed by atoms with van der Waals surface area (Å²) in [6.45, 7) is 1.78. The van der Waals surface area contributed by atoms with Crippen molar-refractivity contribution < 1.29 is 14.3 Å². The van der Waals surface area contributed by atoms with Crippen molar-refractivity contribution in [1.29, 1.82) is 0 Å². The second-order valence-corrected chi connectivity index (χ2v) is 3.82. The van der Waals surface area contributed by atoms with Gasteiger partial charge in [0, 0.05) is 16.5 Å². The fourth-order valence-corrected chi connectivity index (χ4v) is 1.64. The molecule has 0 saturated heterocycles. The highest BCUT2D eigenvalue weighted by molar-refractivity contribution is 9.10. The maximum atomic E-state index is 11.5. The standard InChI is InChI=1S/C11H11BrO3/c1-3-10(13)8-6-7(11(14)15-2)4-5-9(8)12/h4-6H,3H2,1-2H3. The zero-order chi connectivity index (χ0) is 11.4. The van der Waals surface area contributed by atoms with Gasteiger partial charge in [-0.15, -0.1) is 0 Å². The number of rotatable bonds is 3. The van der Waals surface area contributed by atoms with Crippen molar-refractivity contribution in [3.63, 3.8) is 0 Å². The predicted molar refractivity (Wildman–Crippen MR) is 60.1 cm³/mol. The number of methoxy groups -OCH3 is 1. The Morgan fingerprint density at radius 2 is 2.07 bits per heavy atom. The van der Waals surface area contributed by atoms with E-state index in [4.69, 9.17) is 0 Å². The van der Waals surface area contributed by atoms with Crippen molar-refractivity contribution in [2.75, 3.05) is 7.11 Å². The van der Waals surface area contributed by atoms with E-state index in [1.165, 1.54) is 7.11 Å². The Kier molecular flexibility index (Phi) is 4.03. The van der Waals surface area contributed by atoms with Crippen molar-refractivity contribution >= 4 is 27.7 Å². The summed E-state index contributed by atoms with van der Waals surface area (Å²) in [6.07, 6.45) is 0.406. The van der Waals surface area contributed by atoms with Crippen LogP contribution >= 0.6 is 15.9 Å². The number of benzene rings is 1. The van der Waals surface area contributed by atoms with E-state index in [-0.39, 0.29) is 5.78 Å². The Balaban J connectivity index is 3.16. The van der Waals surface area contributed by atoms with Crippen molar-refractivity contribution in [1.82, 2.24) is 0 Å². The van der Waals surface area contributed by atoms with Crippen LogP contribution in [0, 0.1) is 0 Å². The third-order valence-corrected chi connectivity index (χ3v) is 2.70. The molecule has 1 rings (SSSR count). The quantitative estimate of drug-likeness (QED) is 0.627. The van der Waals surface area contributed by atoms with E-state index in [1.807, 2.05) is 0 Å². The summed E-state index contributed by atoms with van der Waals surface area (Å²) < 4.78 is 5.28. The highest BCUT2D eigenvalue weighted by atomic mass is 79.9. The molecule has 0 aliphatic heterocycles. The molecule has 0 heterocycles. The lowest BCUT2D eigenvalue weighted by Gasteiger charge is -2.04. The van der Waals surface area contributed by atoms with E-state index < -0.39 is 5.97 Å². The predicted octanol–water partition coefficient (Wildman–Crippen LogP) is 2.83. The van der Waals surface area contributed by atoms with Gasteiger partial charge in [0.05, 0.1) is 12.7 Å². The van der Waals surface area contributed by atoms with Gasteiger partial charge in [-0.1, -0.05) is 22.9 Å². The van der Waals surface area contributed by atoms with Crippen LogP contribution in [0.5, 0.6) is 0 Å². The van der Waals surface area contributed by atoms with Crippen molar-refractivity contribution in [2.45, 2.75) is 13.3 Å². The number of ketones is 1. The summed E-state index contributed by atoms with van der Waals surface area (Å²) >= 11 is 3.27. The third-order valence-electron chi connectivity index (χ3n) is 2.01. The van der Waals surface area contributed by atoms with Crippen LogP contribution < -0.4 is 0 Å². The third kappa shape index (κ3) is 2.65. The molecular weight excluding hydrogens is 260 g/mol. The molecule has 0 aliphatic carbocycles. The van der Waals surface area contributed by atoms with Crippen LogP contribution in [0.1, 0.15) is 34.1 Å². The smallest absolute Gasteiger partial charge is 0.337 e. The second kappa shape index (κ2) is 5.07. The molecule has 0 saturated carbocycles. The normalized spacial score (nSPS) is 9.80. The minimum absolute atomic E-state index is 0.00683. The van der Waals surface area contributed by atoms with Gasteiger partial charge in [-0.2, -0.15) is 0 Å². The number of Topliss-reactive ketones (excluding diaryl/α,β-unsaturated/α-hetero) is 1. The average Bonchev–Trinajstić information content (AvgIpc) is 2.27. The number of carbonyl (C=O) groups is 2. The molecule has 0 unspecified atom stereocenters. The van der Waals surface area contributed by atoms with Crippen LogP contribution in [-0.4, -0.2) is 18.9 Å². The highest BCUT2D eigenvalue weighted by Gasteiger charge is 2.12. The first-order chi connectivity index (χ1) is 7.10.